The predicted octanol–water partition coefficient (Wildman–Crippen LogP) is 4.11. The maximum Gasteiger partial charge on any atom is 0.261 e. The molecule has 162 valence electrons. The molecule has 1 saturated heterocycles. The molecular formula is C25H28N2O4. The average molecular weight is 421 g/mol. The lowest BCUT2D eigenvalue weighted by Gasteiger charge is -2.32. The van der Waals surface area contributed by atoms with Crippen molar-refractivity contribution in [2.75, 3.05) is 26.7 Å². The first kappa shape index (κ1) is 21.1. The van der Waals surface area contributed by atoms with E-state index in [0.29, 0.717) is 42.2 Å². The highest BCUT2D eigenvalue weighted by Crippen LogP contribution is 2.30. The van der Waals surface area contributed by atoms with E-state index in [4.69, 9.17) is 4.74 Å². The van der Waals surface area contributed by atoms with E-state index in [1.807, 2.05) is 24.0 Å². The first-order chi connectivity index (χ1) is 15.0. The molecule has 0 atom stereocenters. The maximum absolute atomic E-state index is 13.1. The van der Waals surface area contributed by atoms with E-state index in [-0.39, 0.29) is 17.7 Å². The highest BCUT2D eigenvalue weighted by molar-refractivity contribution is 6.22. The fourth-order valence-electron chi connectivity index (χ4n) is 4.42. The van der Waals surface area contributed by atoms with Crippen LogP contribution in [0.25, 0.3) is 0 Å². The Hall–Kier alpha value is -3.15. The van der Waals surface area contributed by atoms with Gasteiger partial charge in [0, 0.05) is 25.2 Å². The molecule has 0 N–H and O–H groups in total. The molecule has 2 aliphatic rings. The Morgan fingerprint density at radius 3 is 2.32 bits per heavy atom. The number of hydrogen-bond donors (Lipinski definition) is 0. The molecule has 2 aromatic rings. The Morgan fingerprint density at radius 1 is 1.00 bits per heavy atom. The molecule has 0 aromatic heterocycles. The number of fused-ring (bicyclic) bond motifs is 1. The molecule has 0 aliphatic carbocycles. The van der Waals surface area contributed by atoms with Crippen molar-refractivity contribution in [3.8, 4) is 5.75 Å². The zero-order chi connectivity index (χ0) is 22.0. The van der Waals surface area contributed by atoms with Crippen LogP contribution in [0.4, 0.5) is 0 Å². The van der Waals surface area contributed by atoms with Crippen LogP contribution < -0.4 is 4.74 Å². The Morgan fingerprint density at radius 2 is 1.68 bits per heavy atom. The van der Waals surface area contributed by atoms with Crippen LogP contribution in [0.3, 0.4) is 0 Å². The number of ether oxygens (including phenoxy) is 1. The summed E-state index contributed by atoms with van der Waals surface area (Å²) in [6, 6.07) is 13.0. The van der Waals surface area contributed by atoms with Crippen LogP contribution in [-0.2, 0) is 0 Å². The summed E-state index contributed by atoms with van der Waals surface area (Å²) in [5.41, 5.74) is 2.48. The lowest BCUT2D eigenvalue weighted by molar-refractivity contribution is 0.0651. The van der Waals surface area contributed by atoms with Crippen LogP contribution in [0.1, 0.15) is 75.2 Å². The summed E-state index contributed by atoms with van der Waals surface area (Å²) < 4.78 is 5.22. The molecule has 3 amide bonds. The van der Waals surface area contributed by atoms with Crippen molar-refractivity contribution in [3.63, 3.8) is 0 Å². The van der Waals surface area contributed by atoms with Crippen molar-refractivity contribution in [1.29, 1.82) is 0 Å². The van der Waals surface area contributed by atoms with Crippen LogP contribution in [0.2, 0.25) is 0 Å². The number of hydrogen-bond acceptors (Lipinski definition) is 4. The van der Waals surface area contributed by atoms with Gasteiger partial charge in [0.25, 0.3) is 17.7 Å². The summed E-state index contributed by atoms with van der Waals surface area (Å²) in [7, 11) is 1.66. The standard InChI is InChI=1S/C25H28N2O4/c1-3-4-13-27-24(29)21-10-7-19(16-22(21)25(27)30)23(28)26-14-11-18(12-15-26)17-5-8-20(31-2)9-6-17/h5-10,16,18H,3-4,11-15H2,1-2H3. The van der Waals surface area contributed by atoms with E-state index in [1.54, 1.807) is 25.3 Å². The summed E-state index contributed by atoms with van der Waals surface area (Å²) in [4.78, 5) is 41.4. The highest BCUT2D eigenvalue weighted by Gasteiger charge is 2.36. The van der Waals surface area contributed by atoms with Crippen molar-refractivity contribution < 1.29 is 19.1 Å². The fourth-order valence-corrected chi connectivity index (χ4v) is 4.42. The molecule has 0 bridgehead atoms. The van der Waals surface area contributed by atoms with Crippen LogP contribution in [0.15, 0.2) is 42.5 Å². The number of carbonyl (C=O) groups excluding carboxylic acids is 3. The number of likely N-dealkylation sites (tertiary alicyclic amines) is 1. The van der Waals surface area contributed by atoms with Gasteiger partial charge in [0.2, 0.25) is 0 Å². The van der Waals surface area contributed by atoms with Crippen molar-refractivity contribution in [3.05, 3.63) is 64.7 Å². The Kier molecular flexibility index (Phi) is 6.07. The summed E-state index contributed by atoms with van der Waals surface area (Å²) in [6.07, 6.45) is 3.47. The topological polar surface area (TPSA) is 66.9 Å². The minimum absolute atomic E-state index is 0.0803. The Bertz CT molecular complexity index is 991. The molecule has 0 spiro atoms. The molecule has 1 fully saturated rings. The Balaban J connectivity index is 1.42. The number of imide groups is 1. The van der Waals surface area contributed by atoms with Gasteiger partial charge in [-0.3, -0.25) is 19.3 Å². The maximum atomic E-state index is 13.1. The minimum atomic E-state index is -0.290. The molecule has 0 unspecified atom stereocenters. The van der Waals surface area contributed by atoms with Crippen LogP contribution in [-0.4, -0.2) is 54.3 Å². The van der Waals surface area contributed by atoms with E-state index in [1.165, 1.54) is 10.5 Å². The third kappa shape index (κ3) is 4.07. The summed E-state index contributed by atoms with van der Waals surface area (Å²) in [5, 5.41) is 0. The van der Waals surface area contributed by atoms with Crippen molar-refractivity contribution in [2.45, 2.75) is 38.5 Å². The number of rotatable bonds is 6. The number of carbonyl (C=O) groups is 3. The second-order valence-electron chi connectivity index (χ2n) is 8.22. The monoisotopic (exact) mass is 420 g/mol. The molecule has 0 radical (unpaired) electrons. The Labute approximate surface area is 182 Å². The molecule has 4 rings (SSSR count). The molecule has 2 heterocycles. The van der Waals surface area contributed by atoms with Crippen molar-refractivity contribution >= 4 is 17.7 Å². The highest BCUT2D eigenvalue weighted by atomic mass is 16.5. The van der Waals surface area contributed by atoms with Crippen LogP contribution in [0, 0.1) is 0 Å². The number of unbranched alkanes of at least 4 members (excludes halogenated alkanes) is 1. The summed E-state index contributed by atoms with van der Waals surface area (Å²) in [6.45, 7) is 3.78. The lowest BCUT2D eigenvalue weighted by Crippen LogP contribution is -2.38. The van der Waals surface area contributed by atoms with Gasteiger partial charge in [-0.25, -0.2) is 0 Å². The zero-order valence-electron chi connectivity index (χ0n) is 18.1. The molecular weight excluding hydrogens is 392 g/mol. The van der Waals surface area contributed by atoms with E-state index in [2.05, 4.69) is 12.1 Å². The SMILES string of the molecule is CCCCN1C(=O)c2ccc(C(=O)N3CCC(c4ccc(OC)cc4)CC3)cc2C1=O. The van der Waals surface area contributed by atoms with Gasteiger partial charge < -0.3 is 9.64 Å². The van der Waals surface area contributed by atoms with Gasteiger partial charge in [-0.05, 0) is 61.1 Å². The first-order valence-corrected chi connectivity index (χ1v) is 11.0. The third-order valence-corrected chi connectivity index (χ3v) is 6.32. The lowest BCUT2D eigenvalue weighted by atomic mass is 9.89. The average Bonchev–Trinajstić information content (AvgIpc) is 3.06. The van der Waals surface area contributed by atoms with Gasteiger partial charge in [0.05, 0.1) is 18.2 Å². The van der Waals surface area contributed by atoms with E-state index in [0.717, 1.165) is 31.4 Å². The van der Waals surface area contributed by atoms with Crippen molar-refractivity contribution in [2.24, 2.45) is 0 Å². The molecule has 31 heavy (non-hydrogen) atoms. The minimum Gasteiger partial charge on any atom is -0.497 e. The van der Waals surface area contributed by atoms with Crippen molar-refractivity contribution in [1.82, 2.24) is 9.80 Å². The second kappa shape index (κ2) is 8.92. The van der Waals surface area contributed by atoms with Gasteiger partial charge in [0.1, 0.15) is 5.75 Å². The third-order valence-electron chi connectivity index (χ3n) is 6.32. The van der Waals surface area contributed by atoms with Gasteiger partial charge in [0.15, 0.2) is 0 Å². The number of piperidine rings is 1. The van der Waals surface area contributed by atoms with Gasteiger partial charge in [-0.1, -0.05) is 25.5 Å². The first-order valence-electron chi connectivity index (χ1n) is 11.0. The number of amides is 3. The molecule has 0 saturated carbocycles. The summed E-state index contributed by atoms with van der Waals surface area (Å²) >= 11 is 0. The van der Waals surface area contributed by atoms with Crippen LogP contribution >= 0.6 is 0 Å². The van der Waals surface area contributed by atoms with E-state index in [9.17, 15) is 14.4 Å². The van der Waals surface area contributed by atoms with Crippen LogP contribution in [0.5, 0.6) is 5.75 Å². The smallest absolute Gasteiger partial charge is 0.261 e. The van der Waals surface area contributed by atoms with Gasteiger partial charge in [-0.15, -0.1) is 0 Å². The number of benzene rings is 2. The number of methoxy groups -OCH3 is 1. The normalized spacial score (nSPS) is 16.6. The molecule has 2 aliphatic heterocycles. The fraction of sp³-hybridized carbons (Fsp3) is 0.400. The van der Waals surface area contributed by atoms with E-state index < -0.39 is 0 Å². The summed E-state index contributed by atoms with van der Waals surface area (Å²) in [5.74, 6) is 0.632. The molecule has 2 aromatic carbocycles. The van der Waals surface area contributed by atoms with Gasteiger partial charge in [-0.2, -0.15) is 0 Å². The number of nitrogens with zero attached hydrogens (tertiary/aromatic N) is 2. The van der Waals surface area contributed by atoms with Gasteiger partial charge >= 0.3 is 0 Å². The zero-order valence-corrected chi connectivity index (χ0v) is 18.1. The molecule has 6 heteroatoms. The predicted molar refractivity (Wildman–Crippen MR) is 118 cm³/mol. The largest absolute Gasteiger partial charge is 0.497 e. The quantitative estimate of drug-likeness (QED) is 0.660. The molecule has 6 nitrogen and oxygen atoms in total. The second-order valence-corrected chi connectivity index (χ2v) is 8.22. The van der Waals surface area contributed by atoms with E-state index >= 15 is 0 Å².